The van der Waals surface area contributed by atoms with Crippen LogP contribution in [-0.4, -0.2) is 24.2 Å². The normalized spacial score (nSPS) is 15.2. The van der Waals surface area contributed by atoms with E-state index in [2.05, 4.69) is 9.71 Å². The molecule has 0 amide bonds. The van der Waals surface area contributed by atoms with Crippen LogP contribution in [0.3, 0.4) is 0 Å². The van der Waals surface area contributed by atoms with E-state index in [0.29, 0.717) is 6.42 Å². The number of aliphatic hydroxyl groups is 2. The Hall–Kier alpha value is -1.73. The summed E-state index contributed by atoms with van der Waals surface area (Å²) in [6.45, 7) is 8.59. The highest BCUT2D eigenvalue weighted by Gasteiger charge is 2.21. The highest BCUT2D eigenvalue weighted by molar-refractivity contribution is 7.84. The molecule has 7 heteroatoms. The van der Waals surface area contributed by atoms with Gasteiger partial charge in [0.2, 0.25) is 0 Å². The van der Waals surface area contributed by atoms with Crippen molar-refractivity contribution in [3.8, 4) is 0 Å². The van der Waals surface area contributed by atoms with Crippen molar-refractivity contribution < 1.29 is 18.8 Å². The fourth-order valence-corrected chi connectivity index (χ4v) is 2.52. The van der Waals surface area contributed by atoms with E-state index < -0.39 is 21.5 Å². The van der Waals surface area contributed by atoms with Crippen LogP contribution in [0.4, 0.5) is 4.39 Å². The van der Waals surface area contributed by atoms with E-state index in [1.165, 1.54) is 25.3 Å². The van der Waals surface area contributed by atoms with Crippen molar-refractivity contribution in [2.24, 2.45) is 0 Å². The van der Waals surface area contributed by atoms with Crippen LogP contribution in [0.15, 0.2) is 29.9 Å². The van der Waals surface area contributed by atoms with Gasteiger partial charge in [-0.1, -0.05) is 6.92 Å². The van der Waals surface area contributed by atoms with E-state index in [0.717, 1.165) is 0 Å². The first kappa shape index (κ1) is 20.3. The van der Waals surface area contributed by atoms with Crippen LogP contribution >= 0.6 is 0 Å². The van der Waals surface area contributed by atoms with E-state index in [1.54, 1.807) is 6.92 Å². The highest BCUT2D eigenvalue weighted by Crippen LogP contribution is 2.25. The average molecular weight is 356 g/mol. The van der Waals surface area contributed by atoms with Gasteiger partial charge in [-0.15, -0.1) is 0 Å². The van der Waals surface area contributed by atoms with Crippen LogP contribution in [0.25, 0.3) is 5.57 Å². The smallest absolute Gasteiger partial charge is 0.153 e. The SMILES string of the molecule is CC/C(O)=C\C(=C(/C)O)c1ccnc(CNS(=O)C(C)(C)C)c1F. The van der Waals surface area contributed by atoms with Gasteiger partial charge in [-0.25, -0.2) is 13.3 Å². The third-order valence-electron chi connectivity index (χ3n) is 3.24. The zero-order chi connectivity index (χ0) is 18.5. The van der Waals surface area contributed by atoms with Crippen molar-refractivity contribution in [2.75, 3.05) is 0 Å². The van der Waals surface area contributed by atoms with Gasteiger partial charge in [-0.05, 0) is 39.8 Å². The maximum absolute atomic E-state index is 14.7. The van der Waals surface area contributed by atoms with Crippen molar-refractivity contribution in [2.45, 2.75) is 52.3 Å². The lowest BCUT2D eigenvalue weighted by Crippen LogP contribution is -2.33. The zero-order valence-electron chi connectivity index (χ0n) is 14.7. The molecule has 0 saturated carbocycles. The number of halogens is 1. The number of aromatic nitrogens is 1. The molecule has 0 saturated heterocycles. The summed E-state index contributed by atoms with van der Waals surface area (Å²) in [4.78, 5) is 3.97. The Morgan fingerprint density at radius 1 is 1.42 bits per heavy atom. The molecular formula is C17H25FN2O3S. The van der Waals surface area contributed by atoms with Gasteiger partial charge in [0.15, 0.2) is 5.82 Å². The second-order valence-electron chi connectivity index (χ2n) is 6.31. The van der Waals surface area contributed by atoms with Crippen molar-refractivity contribution in [3.63, 3.8) is 0 Å². The number of allylic oxidation sites excluding steroid dienone is 4. The minimum Gasteiger partial charge on any atom is -0.512 e. The van der Waals surface area contributed by atoms with Crippen LogP contribution < -0.4 is 4.72 Å². The van der Waals surface area contributed by atoms with E-state index in [9.17, 15) is 18.8 Å². The lowest BCUT2D eigenvalue weighted by molar-refractivity contribution is 0.393. The molecule has 0 spiro atoms. The summed E-state index contributed by atoms with van der Waals surface area (Å²) < 4.78 is 29.0. The number of hydrogen-bond acceptors (Lipinski definition) is 4. The third kappa shape index (κ3) is 5.42. The molecule has 3 N–H and O–H groups in total. The van der Waals surface area contributed by atoms with E-state index in [4.69, 9.17) is 0 Å². The van der Waals surface area contributed by atoms with Crippen molar-refractivity contribution in [1.29, 1.82) is 0 Å². The summed E-state index contributed by atoms with van der Waals surface area (Å²) in [5.74, 6) is -0.708. The fraction of sp³-hybridized carbons (Fsp3) is 0.471. The standard InChI is InChI=1S/C17H25FN2O3S/c1-6-12(22)9-14(11(2)21)13-7-8-19-15(16(13)18)10-20-24(23)17(3,4)5/h7-9,20-22H,6,10H2,1-5H3/b12-9+,14-11-. The van der Waals surface area contributed by atoms with Gasteiger partial charge in [0.05, 0.1) is 39.5 Å². The summed E-state index contributed by atoms with van der Waals surface area (Å²) in [5, 5.41) is 19.5. The van der Waals surface area contributed by atoms with Crippen molar-refractivity contribution in [1.82, 2.24) is 9.71 Å². The number of rotatable bonds is 6. The topological polar surface area (TPSA) is 82.4 Å². The Labute approximate surface area is 144 Å². The summed E-state index contributed by atoms with van der Waals surface area (Å²) >= 11 is 0. The molecule has 0 aromatic carbocycles. The fourth-order valence-electron chi connectivity index (χ4n) is 1.81. The molecule has 1 heterocycles. The molecule has 0 aliphatic carbocycles. The first-order chi connectivity index (χ1) is 11.1. The van der Waals surface area contributed by atoms with Gasteiger partial charge >= 0.3 is 0 Å². The molecule has 0 fully saturated rings. The minimum absolute atomic E-state index is 0.00914. The zero-order valence-corrected chi connectivity index (χ0v) is 15.5. The molecule has 0 aliphatic heterocycles. The third-order valence-corrected chi connectivity index (χ3v) is 4.76. The molecular weight excluding hydrogens is 331 g/mol. The number of hydrogen-bond donors (Lipinski definition) is 3. The summed E-state index contributed by atoms with van der Waals surface area (Å²) in [7, 11) is -1.35. The van der Waals surface area contributed by atoms with E-state index in [-0.39, 0.29) is 34.9 Å². The molecule has 0 aliphatic rings. The molecule has 1 rings (SSSR count). The summed E-state index contributed by atoms with van der Waals surface area (Å²) in [6.07, 6.45) is 3.11. The second kappa shape index (κ2) is 8.39. The Kier molecular flexibility index (Phi) is 7.10. The highest BCUT2D eigenvalue weighted by atomic mass is 32.2. The second-order valence-corrected chi connectivity index (χ2v) is 8.36. The van der Waals surface area contributed by atoms with Crippen LogP contribution in [0.5, 0.6) is 0 Å². The van der Waals surface area contributed by atoms with Gasteiger partial charge in [0.25, 0.3) is 0 Å². The van der Waals surface area contributed by atoms with Crippen molar-refractivity contribution in [3.05, 3.63) is 46.9 Å². The number of aliphatic hydroxyl groups excluding tert-OH is 2. The predicted molar refractivity (Wildman–Crippen MR) is 95.2 cm³/mol. The lowest BCUT2D eigenvalue weighted by atomic mass is 10.0. The Morgan fingerprint density at radius 2 is 2.04 bits per heavy atom. The van der Waals surface area contributed by atoms with Crippen LogP contribution in [0.2, 0.25) is 0 Å². The first-order valence-electron chi connectivity index (χ1n) is 7.66. The van der Waals surface area contributed by atoms with Gasteiger partial charge in [0.1, 0.15) is 0 Å². The quantitative estimate of drug-likeness (QED) is 0.533. The number of nitrogens with zero attached hydrogens (tertiary/aromatic N) is 1. The Morgan fingerprint density at radius 3 is 2.54 bits per heavy atom. The average Bonchev–Trinajstić information content (AvgIpc) is 2.50. The molecule has 1 atom stereocenters. The largest absolute Gasteiger partial charge is 0.512 e. The monoisotopic (exact) mass is 356 g/mol. The molecule has 1 unspecified atom stereocenters. The van der Waals surface area contributed by atoms with Crippen LogP contribution in [0, 0.1) is 5.82 Å². The van der Waals surface area contributed by atoms with Gasteiger partial charge in [-0.2, -0.15) is 0 Å². The maximum atomic E-state index is 14.7. The molecule has 1 aromatic rings. The summed E-state index contributed by atoms with van der Waals surface area (Å²) in [6, 6.07) is 1.42. The molecule has 1 aromatic heterocycles. The molecule has 0 radical (unpaired) electrons. The van der Waals surface area contributed by atoms with Crippen LogP contribution in [0.1, 0.15) is 52.3 Å². The van der Waals surface area contributed by atoms with E-state index in [1.807, 2.05) is 20.8 Å². The van der Waals surface area contributed by atoms with Gasteiger partial charge < -0.3 is 10.2 Å². The number of pyridine rings is 1. The van der Waals surface area contributed by atoms with Crippen molar-refractivity contribution >= 4 is 16.6 Å². The molecule has 24 heavy (non-hydrogen) atoms. The molecule has 134 valence electrons. The number of nitrogens with one attached hydrogen (secondary N) is 1. The lowest BCUT2D eigenvalue weighted by Gasteiger charge is -2.18. The maximum Gasteiger partial charge on any atom is 0.153 e. The first-order valence-corrected chi connectivity index (χ1v) is 8.81. The Bertz CT molecular complexity index is 675. The van der Waals surface area contributed by atoms with E-state index >= 15 is 0 Å². The predicted octanol–water partition coefficient (Wildman–Crippen LogP) is 3.91. The summed E-state index contributed by atoms with van der Waals surface area (Å²) in [5.41, 5.74) is 0.407. The van der Waals surface area contributed by atoms with Gasteiger partial charge in [0, 0.05) is 23.8 Å². The molecule has 0 bridgehead atoms. The molecule has 5 nitrogen and oxygen atoms in total. The van der Waals surface area contributed by atoms with Gasteiger partial charge in [-0.3, -0.25) is 4.98 Å². The minimum atomic E-state index is -1.35. The Balaban J connectivity index is 3.17. The van der Waals surface area contributed by atoms with Crippen LogP contribution in [-0.2, 0) is 17.5 Å².